The summed E-state index contributed by atoms with van der Waals surface area (Å²) in [5.74, 6) is 0.0292. The molecular weight excluding hydrogens is 291 g/mol. The van der Waals surface area contributed by atoms with E-state index in [0.29, 0.717) is 13.1 Å². The number of hydrogen-bond donors (Lipinski definition) is 0. The fraction of sp³-hybridized carbons (Fsp3) is 0.500. The second kappa shape index (κ2) is 5.05. The number of rotatable bonds is 2. The quantitative estimate of drug-likeness (QED) is 0.836. The Kier molecular flexibility index (Phi) is 3.73. The van der Waals surface area contributed by atoms with Crippen molar-refractivity contribution in [3.8, 4) is 6.07 Å². The molecule has 20 heavy (non-hydrogen) atoms. The predicted octanol–water partition coefficient (Wildman–Crippen LogP) is 1.85. The third-order valence-electron chi connectivity index (χ3n) is 3.16. The predicted molar refractivity (Wildman–Crippen MR) is 68.8 cm³/mol. The molecule has 0 radical (unpaired) electrons. The Morgan fingerprint density at radius 1 is 1.50 bits per heavy atom. The van der Waals surface area contributed by atoms with Gasteiger partial charge in [0.1, 0.15) is 17.5 Å². The van der Waals surface area contributed by atoms with Crippen LogP contribution in [0.1, 0.15) is 16.8 Å². The minimum atomic E-state index is -4.59. The van der Waals surface area contributed by atoms with E-state index in [9.17, 15) is 17.4 Å². The number of anilines is 1. The van der Waals surface area contributed by atoms with Crippen LogP contribution in [0.5, 0.6) is 0 Å². The Labute approximate surface area is 116 Å². The van der Waals surface area contributed by atoms with Gasteiger partial charge in [-0.3, -0.25) is 4.21 Å². The Balaban J connectivity index is 2.42. The van der Waals surface area contributed by atoms with Crippen molar-refractivity contribution >= 4 is 16.6 Å². The lowest BCUT2D eigenvalue weighted by Crippen LogP contribution is -2.53. The van der Waals surface area contributed by atoms with E-state index >= 15 is 0 Å². The highest BCUT2D eigenvalue weighted by Gasteiger charge is 2.39. The number of halogens is 3. The number of pyridine rings is 1. The van der Waals surface area contributed by atoms with Crippen molar-refractivity contribution < 1.29 is 17.4 Å². The highest BCUT2D eigenvalue weighted by molar-refractivity contribution is 7.85. The van der Waals surface area contributed by atoms with Gasteiger partial charge in [-0.1, -0.05) is 0 Å². The van der Waals surface area contributed by atoms with Crippen LogP contribution in [-0.4, -0.2) is 33.8 Å². The van der Waals surface area contributed by atoms with Gasteiger partial charge in [0.2, 0.25) is 0 Å². The van der Waals surface area contributed by atoms with E-state index in [-0.39, 0.29) is 16.8 Å². The standard InChI is InChI=1S/C12H12F3N3OS/c1-7-3-10(12(13,14)15)9(4-16)11(17-7)18-5-8(6-18)20(2)19/h3,8H,5-6H2,1-2H3. The fourth-order valence-electron chi connectivity index (χ4n) is 2.04. The van der Waals surface area contributed by atoms with Crippen LogP contribution in [0.3, 0.4) is 0 Å². The zero-order valence-electron chi connectivity index (χ0n) is 10.9. The zero-order valence-corrected chi connectivity index (χ0v) is 11.7. The Hall–Kier alpha value is -1.62. The molecule has 2 rings (SSSR count). The molecule has 2 heterocycles. The molecule has 0 N–H and O–H groups in total. The first-order valence-electron chi connectivity index (χ1n) is 5.80. The van der Waals surface area contributed by atoms with Crippen molar-refractivity contribution in [2.45, 2.75) is 18.3 Å². The van der Waals surface area contributed by atoms with Gasteiger partial charge in [-0.05, 0) is 13.0 Å². The topological polar surface area (TPSA) is 57.0 Å². The maximum Gasteiger partial charge on any atom is 0.417 e. The molecule has 1 aliphatic rings. The minimum absolute atomic E-state index is 0.0292. The molecule has 1 aliphatic heterocycles. The lowest BCUT2D eigenvalue weighted by molar-refractivity contribution is -0.137. The van der Waals surface area contributed by atoms with Crippen LogP contribution in [0, 0.1) is 18.3 Å². The average molecular weight is 303 g/mol. The van der Waals surface area contributed by atoms with E-state index in [1.807, 2.05) is 0 Å². The van der Waals surface area contributed by atoms with Gasteiger partial charge >= 0.3 is 6.18 Å². The van der Waals surface area contributed by atoms with E-state index in [1.165, 1.54) is 6.92 Å². The molecule has 1 fully saturated rings. The first kappa shape index (κ1) is 14.8. The van der Waals surface area contributed by atoms with Crippen molar-refractivity contribution in [3.63, 3.8) is 0 Å². The molecule has 1 unspecified atom stereocenters. The molecule has 4 nitrogen and oxygen atoms in total. The summed E-state index contributed by atoms with van der Waals surface area (Å²) >= 11 is 0. The van der Waals surface area contributed by atoms with Crippen molar-refractivity contribution in [1.29, 1.82) is 5.26 Å². The number of hydrogen-bond acceptors (Lipinski definition) is 4. The van der Waals surface area contributed by atoms with Gasteiger partial charge in [0.05, 0.1) is 10.8 Å². The first-order chi connectivity index (χ1) is 9.24. The van der Waals surface area contributed by atoms with Gasteiger partial charge in [0, 0.05) is 35.8 Å². The third kappa shape index (κ3) is 2.63. The molecule has 1 atom stereocenters. The summed E-state index contributed by atoms with van der Waals surface area (Å²) in [5, 5.41) is 8.94. The molecule has 1 aromatic rings. The number of nitriles is 1. The highest BCUT2D eigenvalue weighted by atomic mass is 32.2. The number of nitrogens with zero attached hydrogens (tertiary/aromatic N) is 3. The molecule has 108 valence electrons. The molecule has 0 aromatic carbocycles. The maximum atomic E-state index is 12.9. The summed E-state index contributed by atoms with van der Waals surface area (Å²) in [5.41, 5.74) is -1.24. The highest BCUT2D eigenvalue weighted by Crippen LogP contribution is 2.36. The molecule has 0 amide bonds. The van der Waals surface area contributed by atoms with E-state index in [0.717, 1.165) is 6.07 Å². The van der Waals surface area contributed by atoms with Crippen LogP contribution in [0.25, 0.3) is 0 Å². The molecule has 1 saturated heterocycles. The minimum Gasteiger partial charge on any atom is -0.353 e. The normalized spacial score (nSPS) is 17.5. The van der Waals surface area contributed by atoms with Gasteiger partial charge in [-0.2, -0.15) is 18.4 Å². The first-order valence-corrected chi connectivity index (χ1v) is 7.42. The molecule has 8 heteroatoms. The molecular formula is C12H12F3N3OS. The average Bonchev–Trinajstić information content (AvgIpc) is 2.24. The van der Waals surface area contributed by atoms with Crippen LogP contribution in [0.15, 0.2) is 6.07 Å². The van der Waals surface area contributed by atoms with Crippen molar-refractivity contribution in [1.82, 2.24) is 4.98 Å². The second-order valence-corrected chi connectivity index (χ2v) is 6.31. The largest absolute Gasteiger partial charge is 0.417 e. The summed E-state index contributed by atoms with van der Waals surface area (Å²) in [7, 11) is -1.03. The Morgan fingerprint density at radius 3 is 2.55 bits per heavy atom. The number of alkyl halides is 3. The van der Waals surface area contributed by atoms with Gasteiger partial charge < -0.3 is 4.90 Å². The smallest absolute Gasteiger partial charge is 0.353 e. The molecule has 0 bridgehead atoms. The lowest BCUT2D eigenvalue weighted by atomic mass is 10.1. The maximum absolute atomic E-state index is 12.9. The molecule has 0 spiro atoms. The summed E-state index contributed by atoms with van der Waals surface area (Å²) in [6.07, 6.45) is -3.04. The molecule has 0 aliphatic carbocycles. The van der Waals surface area contributed by atoms with Crippen LogP contribution in [0.4, 0.5) is 19.0 Å². The van der Waals surface area contributed by atoms with Gasteiger partial charge in [-0.25, -0.2) is 4.98 Å². The number of aryl methyl sites for hydroxylation is 1. The van der Waals surface area contributed by atoms with Crippen molar-refractivity contribution in [2.24, 2.45) is 0 Å². The lowest BCUT2D eigenvalue weighted by Gasteiger charge is -2.39. The monoisotopic (exact) mass is 303 g/mol. The zero-order chi connectivity index (χ0) is 15.1. The van der Waals surface area contributed by atoms with Gasteiger partial charge in [0.25, 0.3) is 0 Å². The van der Waals surface area contributed by atoms with Crippen molar-refractivity contribution in [2.75, 3.05) is 24.2 Å². The summed E-state index contributed by atoms with van der Waals surface area (Å²) in [6.45, 7) is 2.16. The fourth-order valence-corrected chi connectivity index (χ4v) is 2.82. The van der Waals surface area contributed by atoms with Crippen LogP contribution in [-0.2, 0) is 17.0 Å². The van der Waals surface area contributed by atoms with E-state index in [1.54, 1.807) is 17.2 Å². The number of aromatic nitrogens is 1. The van der Waals surface area contributed by atoms with Crippen LogP contribution < -0.4 is 4.90 Å². The van der Waals surface area contributed by atoms with Crippen molar-refractivity contribution in [3.05, 3.63) is 22.9 Å². The summed E-state index contributed by atoms with van der Waals surface area (Å²) in [6, 6.07) is 2.46. The SMILES string of the molecule is Cc1cc(C(F)(F)F)c(C#N)c(N2CC(S(C)=O)C2)n1. The third-order valence-corrected chi connectivity index (χ3v) is 4.40. The van der Waals surface area contributed by atoms with E-state index < -0.39 is 28.1 Å². The van der Waals surface area contributed by atoms with Gasteiger partial charge in [-0.15, -0.1) is 0 Å². The van der Waals surface area contributed by atoms with Crippen LogP contribution >= 0.6 is 0 Å². The van der Waals surface area contributed by atoms with Gasteiger partial charge in [0.15, 0.2) is 0 Å². The van der Waals surface area contributed by atoms with E-state index in [4.69, 9.17) is 5.26 Å². The second-order valence-electron chi connectivity index (χ2n) is 4.64. The Bertz CT molecular complexity index is 603. The summed E-state index contributed by atoms with van der Waals surface area (Å²) < 4.78 is 50.1. The Morgan fingerprint density at radius 2 is 2.10 bits per heavy atom. The summed E-state index contributed by atoms with van der Waals surface area (Å²) in [4.78, 5) is 5.60. The van der Waals surface area contributed by atoms with Crippen LogP contribution in [0.2, 0.25) is 0 Å². The molecule has 0 saturated carbocycles. The van der Waals surface area contributed by atoms with E-state index in [2.05, 4.69) is 4.98 Å². The molecule has 1 aromatic heterocycles.